The van der Waals surface area contributed by atoms with Crippen molar-refractivity contribution in [3.05, 3.63) is 23.8 Å². The highest BCUT2D eigenvalue weighted by molar-refractivity contribution is 5.45. The quantitative estimate of drug-likeness (QED) is 0.914. The molecule has 3 unspecified atom stereocenters. The van der Waals surface area contributed by atoms with Crippen LogP contribution < -0.4 is 14.8 Å². The molecule has 4 heteroatoms. The van der Waals surface area contributed by atoms with Gasteiger partial charge in [0.15, 0.2) is 11.5 Å². The summed E-state index contributed by atoms with van der Waals surface area (Å²) < 4.78 is 10.8. The summed E-state index contributed by atoms with van der Waals surface area (Å²) in [6.45, 7) is 8.47. The lowest BCUT2D eigenvalue weighted by molar-refractivity contribution is 0.174. The van der Waals surface area contributed by atoms with Gasteiger partial charge in [-0.05, 0) is 36.6 Å². The van der Waals surface area contributed by atoms with Crippen LogP contribution >= 0.6 is 0 Å². The van der Waals surface area contributed by atoms with Crippen LogP contribution in [0.5, 0.6) is 11.5 Å². The van der Waals surface area contributed by atoms with Gasteiger partial charge in [0.1, 0.15) is 0 Å². The predicted octanol–water partition coefficient (Wildman–Crippen LogP) is 2.26. The summed E-state index contributed by atoms with van der Waals surface area (Å²) in [5.41, 5.74) is 1.27. The van der Waals surface area contributed by atoms with Crippen molar-refractivity contribution in [3.63, 3.8) is 0 Å². The second-order valence-corrected chi connectivity index (χ2v) is 6.13. The van der Waals surface area contributed by atoms with Gasteiger partial charge >= 0.3 is 0 Å². The van der Waals surface area contributed by atoms with Gasteiger partial charge in [-0.2, -0.15) is 0 Å². The van der Waals surface area contributed by atoms with Crippen LogP contribution in [0.1, 0.15) is 25.5 Å². The molecule has 0 aromatic heterocycles. The average Bonchev–Trinajstić information content (AvgIpc) is 3.02. The van der Waals surface area contributed by atoms with Crippen molar-refractivity contribution in [3.8, 4) is 11.5 Å². The van der Waals surface area contributed by atoms with Crippen molar-refractivity contribution < 1.29 is 9.47 Å². The van der Waals surface area contributed by atoms with Gasteiger partial charge in [0.05, 0.1) is 0 Å². The van der Waals surface area contributed by atoms with Gasteiger partial charge in [-0.15, -0.1) is 0 Å². The van der Waals surface area contributed by atoms with Crippen LogP contribution in [0, 0.1) is 11.8 Å². The highest BCUT2D eigenvalue weighted by Crippen LogP contribution is 2.34. The van der Waals surface area contributed by atoms with Crippen LogP contribution in [-0.4, -0.2) is 38.4 Å². The number of hydrogen-bond acceptors (Lipinski definition) is 4. The topological polar surface area (TPSA) is 33.7 Å². The third-order valence-corrected chi connectivity index (χ3v) is 4.65. The normalized spacial score (nSPS) is 26.9. The fraction of sp³-hybridized carbons (Fsp3) is 0.625. The number of rotatable bonds is 4. The highest BCUT2D eigenvalue weighted by atomic mass is 16.7. The molecule has 1 aromatic carbocycles. The largest absolute Gasteiger partial charge is 0.454 e. The molecule has 3 rings (SSSR count). The van der Waals surface area contributed by atoms with Crippen molar-refractivity contribution in [2.75, 3.05) is 33.5 Å². The first kappa shape index (κ1) is 13.7. The molecule has 2 heterocycles. The summed E-state index contributed by atoms with van der Waals surface area (Å²) in [4.78, 5) is 2.56. The van der Waals surface area contributed by atoms with E-state index < -0.39 is 0 Å². The molecule has 0 aliphatic carbocycles. The summed E-state index contributed by atoms with van der Waals surface area (Å²) in [5, 5.41) is 3.43. The van der Waals surface area contributed by atoms with E-state index in [1.54, 1.807) is 0 Å². The van der Waals surface area contributed by atoms with Crippen molar-refractivity contribution in [2.45, 2.75) is 19.9 Å². The van der Waals surface area contributed by atoms with Crippen molar-refractivity contribution >= 4 is 0 Å². The lowest BCUT2D eigenvalue weighted by Crippen LogP contribution is -2.32. The molecule has 0 radical (unpaired) electrons. The SMILES string of the molecule is CNC(CN1CC(C)C(C)C1)c1ccc2c(c1)OCO2. The fourth-order valence-electron chi connectivity index (χ4n) is 3.15. The molecule has 0 amide bonds. The molecule has 1 saturated heterocycles. The molecule has 20 heavy (non-hydrogen) atoms. The molecule has 110 valence electrons. The molecule has 0 spiro atoms. The van der Waals surface area contributed by atoms with Gasteiger partial charge in [-0.1, -0.05) is 19.9 Å². The molecule has 2 aliphatic heterocycles. The van der Waals surface area contributed by atoms with Crippen LogP contribution in [-0.2, 0) is 0 Å². The van der Waals surface area contributed by atoms with Crippen molar-refractivity contribution in [1.29, 1.82) is 0 Å². The first-order valence-electron chi connectivity index (χ1n) is 7.46. The molecule has 0 saturated carbocycles. The van der Waals surface area contributed by atoms with E-state index >= 15 is 0 Å². The Balaban J connectivity index is 1.70. The summed E-state index contributed by atoms with van der Waals surface area (Å²) in [6.07, 6.45) is 0. The maximum absolute atomic E-state index is 5.47. The molecular formula is C16H24N2O2. The highest BCUT2D eigenvalue weighted by Gasteiger charge is 2.28. The van der Waals surface area contributed by atoms with Crippen LogP contribution in [0.15, 0.2) is 18.2 Å². The number of ether oxygens (including phenoxy) is 2. The first-order chi connectivity index (χ1) is 9.67. The molecule has 1 aromatic rings. The Bertz CT molecular complexity index is 468. The van der Waals surface area contributed by atoms with E-state index in [1.165, 1.54) is 18.7 Å². The Hall–Kier alpha value is -1.26. The van der Waals surface area contributed by atoms with E-state index in [0.29, 0.717) is 12.8 Å². The van der Waals surface area contributed by atoms with E-state index in [1.807, 2.05) is 13.1 Å². The summed E-state index contributed by atoms with van der Waals surface area (Å²) in [7, 11) is 2.03. The zero-order valence-electron chi connectivity index (χ0n) is 12.6. The van der Waals surface area contributed by atoms with Gasteiger partial charge < -0.3 is 19.7 Å². The molecule has 1 N–H and O–H groups in total. The van der Waals surface area contributed by atoms with Crippen LogP contribution in [0.2, 0.25) is 0 Å². The van der Waals surface area contributed by atoms with Crippen LogP contribution in [0.4, 0.5) is 0 Å². The summed E-state index contributed by atoms with van der Waals surface area (Å²) in [5.74, 6) is 3.31. The van der Waals surface area contributed by atoms with Gasteiger partial charge in [-0.3, -0.25) is 0 Å². The van der Waals surface area contributed by atoms with E-state index in [2.05, 4.69) is 36.2 Å². The zero-order valence-corrected chi connectivity index (χ0v) is 12.6. The van der Waals surface area contributed by atoms with Gasteiger partial charge in [-0.25, -0.2) is 0 Å². The standard InChI is InChI=1S/C16H24N2O2/c1-11-7-18(8-12(11)2)9-14(17-3)13-4-5-15-16(6-13)20-10-19-15/h4-6,11-12,14,17H,7-10H2,1-3H3. The third kappa shape index (κ3) is 2.63. The fourth-order valence-corrected chi connectivity index (χ4v) is 3.15. The van der Waals surface area contributed by atoms with E-state index in [9.17, 15) is 0 Å². The first-order valence-corrected chi connectivity index (χ1v) is 7.46. The lowest BCUT2D eigenvalue weighted by Gasteiger charge is -2.24. The van der Waals surface area contributed by atoms with Gasteiger partial charge in [0.2, 0.25) is 6.79 Å². The number of fused-ring (bicyclic) bond motifs is 1. The molecule has 3 atom stereocenters. The number of nitrogens with zero attached hydrogens (tertiary/aromatic N) is 1. The predicted molar refractivity (Wildman–Crippen MR) is 79.1 cm³/mol. The van der Waals surface area contributed by atoms with Crippen molar-refractivity contribution in [2.24, 2.45) is 11.8 Å². The number of likely N-dealkylation sites (tertiary alicyclic amines) is 1. The minimum Gasteiger partial charge on any atom is -0.454 e. The number of likely N-dealkylation sites (N-methyl/N-ethyl adjacent to an activating group) is 1. The Morgan fingerprint density at radius 1 is 1.20 bits per heavy atom. The number of hydrogen-bond donors (Lipinski definition) is 1. The second kappa shape index (κ2) is 5.62. The van der Waals surface area contributed by atoms with Crippen molar-refractivity contribution in [1.82, 2.24) is 10.2 Å². The Labute approximate surface area is 121 Å². The minimum absolute atomic E-state index is 0.335. The summed E-state index contributed by atoms with van der Waals surface area (Å²) in [6, 6.07) is 6.59. The Kier molecular flexibility index (Phi) is 3.85. The molecular weight excluding hydrogens is 252 g/mol. The third-order valence-electron chi connectivity index (χ3n) is 4.65. The zero-order chi connectivity index (χ0) is 14.1. The minimum atomic E-state index is 0.335. The van der Waals surface area contributed by atoms with E-state index in [-0.39, 0.29) is 0 Å². The van der Waals surface area contributed by atoms with E-state index in [4.69, 9.17) is 9.47 Å². The number of benzene rings is 1. The molecule has 0 bridgehead atoms. The smallest absolute Gasteiger partial charge is 0.231 e. The maximum Gasteiger partial charge on any atom is 0.231 e. The van der Waals surface area contributed by atoms with Crippen LogP contribution in [0.25, 0.3) is 0 Å². The Morgan fingerprint density at radius 2 is 1.90 bits per heavy atom. The average molecular weight is 276 g/mol. The Morgan fingerprint density at radius 3 is 2.60 bits per heavy atom. The van der Waals surface area contributed by atoms with E-state index in [0.717, 1.165) is 29.9 Å². The van der Waals surface area contributed by atoms with Crippen LogP contribution in [0.3, 0.4) is 0 Å². The number of nitrogens with one attached hydrogen (secondary N) is 1. The molecule has 4 nitrogen and oxygen atoms in total. The molecule has 2 aliphatic rings. The monoisotopic (exact) mass is 276 g/mol. The van der Waals surface area contributed by atoms with Gasteiger partial charge in [0.25, 0.3) is 0 Å². The second-order valence-electron chi connectivity index (χ2n) is 6.13. The molecule has 1 fully saturated rings. The lowest BCUT2D eigenvalue weighted by atomic mass is 10.0. The summed E-state index contributed by atoms with van der Waals surface area (Å²) >= 11 is 0. The maximum atomic E-state index is 5.47. The van der Waals surface area contributed by atoms with Gasteiger partial charge in [0, 0.05) is 25.7 Å².